The fraction of sp³-hybridized carbons (Fsp3) is 0.654. The van der Waals surface area contributed by atoms with Crippen LogP contribution in [0.1, 0.15) is 59.9 Å². The summed E-state index contributed by atoms with van der Waals surface area (Å²) in [5.74, 6) is -2.74. The van der Waals surface area contributed by atoms with Gasteiger partial charge in [-0.2, -0.15) is 0 Å². The molecule has 0 aromatic heterocycles. The summed E-state index contributed by atoms with van der Waals surface area (Å²) in [4.78, 5) is 61.9. The van der Waals surface area contributed by atoms with Crippen LogP contribution in [-0.2, 0) is 29.8 Å². The van der Waals surface area contributed by atoms with Gasteiger partial charge in [-0.05, 0) is 52.0 Å². The van der Waals surface area contributed by atoms with E-state index in [0.29, 0.717) is 6.42 Å². The first-order valence-electron chi connectivity index (χ1n) is 12.9. The maximum Gasteiger partial charge on any atom is 1.00 e. The van der Waals surface area contributed by atoms with Gasteiger partial charge >= 0.3 is 43.8 Å². The van der Waals surface area contributed by atoms with Crippen molar-refractivity contribution in [2.24, 2.45) is 17.6 Å². The fourth-order valence-electron chi connectivity index (χ4n) is 3.73. The molecule has 0 saturated carbocycles. The summed E-state index contributed by atoms with van der Waals surface area (Å²) in [6.07, 6.45) is -1.44. The largest absolute Gasteiger partial charge is 1.00 e. The molecule has 5 atom stereocenters. The Labute approximate surface area is 267 Å². The number of hydrogen-bond donors (Lipinski definition) is 3. The molecule has 0 heterocycles. The van der Waals surface area contributed by atoms with Crippen molar-refractivity contribution in [3.05, 3.63) is 35.9 Å². The standard InChI is InChI=1S/C26H44N3O9P.2Li/c1-7-17(2)22(27)24(32)29(13-14-37-39(34,35)36)23(31)20(15-19-11-9-8-10-12-19)16-21(30)18(3)28-25(33)38-26(4,5)6;;/h8-12,17-18,20-22,30H,7,13-16,27H2,1-6H3,(H,28,33)(H2,34,35,36);;/q;2*+1/p-2/t17-,18-,20+,21-,22-;;/m0../s1. The number of ether oxygens (including phenoxy) is 1. The number of alkyl carbamates (subject to hydrolysis) is 1. The summed E-state index contributed by atoms with van der Waals surface area (Å²) in [6.45, 7) is 8.94. The minimum atomic E-state index is -5.35. The van der Waals surface area contributed by atoms with Crippen molar-refractivity contribution in [1.29, 1.82) is 0 Å². The van der Waals surface area contributed by atoms with Crippen LogP contribution in [0.5, 0.6) is 0 Å². The molecule has 0 bridgehead atoms. The molecule has 1 aromatic carbocycles. The summed E-state index contributed by atoms with van der Waals surface area (Å²) < 4.78 is 20.5. The summed E-state index contributed by atoms with van der Waals surface area (Å²) in [5.41, 5.74) is 6.09. The Bertz CT molecular complexity index is 992. The minimum Gasteiger partial charge on any atom is -0.790 e. The first-order chi connectivity index (χ1) is 17.9. The van der Waals surface area contributed by atoms with E-state index in [1.807, 2.05) is 6.92 Å². The topological polar surface area (TPSA) is 194 Å². The van der Waals surface area contributed by atoms with Crippen LogP contribution >= 0.6 is 7.82 Å². The van der Waals surface area contributed by atoms with Gasteiger partial charge in [-0.3, -0.25) is 14.5 Å². The number of rotatable bonds is 14. The minimum absolute atomic E-state index is 0. The van der Waals surface area contributed by atoms with E-state index in [4.69, 9.17) is 10.5 Å². The number of aliphatic hydroxyl groups excluding tert-OH is 1. The van der Waals surface area contributed by atoms with Gasteiger partial charge < -0.3 is 39.8 Å². The van der Waals surface area contributed by atoms with Gasteiger partial charge in [0.25, 0.3) is 0 Å². The van der Waals surface area contributed by atoms with Gasteiger partial charge in [0.1, 0.15) is 5.60 Å². The number of aliphatic hydroxyl groups is 1. The number of carbonyl (C=O) groups is 3. The molecule has 12 nitrogen and oxygen atoms in total. The van der Waals surface area contributed by atoms with Crippen LogP contribution in [0.25, 0.3) is 0 Å². The Hall–Kier alpha value is -1.15. The Morgan fingerprint density at radius 3 is 2.15 bits per heavy atom. The number of benzene rings is 1. The first-order valence-corrected chi connectivity index (χ1v) is 14.4. The molecule has 0 fully saturated rings. The number of hydrogen-bond acceptors (Lipinski definition) is 10. The van der Waals surface area contributed by atoms with E-state index in [1.54, 1.807) is 65.0 Å². The molecule has 15 heteroatoms. The first kappa shape index (κ1) is 42.0. The molecule has 222 valence electrons. The third-order valence-electron chi connectivity index (χ3n) is 6.16. The number of nitrogens with one attached hydrogen (secondary N) is 1. The second-order valence-electron chi connectivity index (χ2n) is 10.6. The van der Waals surface area contributed by atoms with E-state index in [9.17, 15) is 33.8 Å². The smallest absolute Gasteiger partial charge is 0.790 e. The van der Waals surface area contributed by atoms with Crippen LogP contribution < -0.4 is 58.6 Å². The van der Waals surface area contributed by atoms with Crippen molar-refractivity contribution in [1.82, 2.24) is 10.2 Å². The predicted molar refractivity (Wildman–Crippen MR) is 141 cm³/mol. The molecule has 0 radical (unpaired) electrons. The van der Waals surface area contributed by atoms with Gasteiger partial charge in [0.2, 0.25) is 11.8 Å². The van der Waals surface area contributed by atoms with Crippen molar-refractivity contribution in [2.45, 2.75) is 84.6 Å². The number of imide groups is 1. The van der Waals surface area contributed by atoms with Crippen molar-refractivity contribution >= 4 is 25.7 Å². The Morgan fingerprint density at radius 2 is 1.66 bits per heavy atom. The monoisotopic (exact) mass is 585 g/mol. The summed E-state index contributed by atoms with van der Waals surface area (Å²) >= 11 is 0. The van der Waals surface area contributed by atoms with E-state index in [-0.39, 0.29) is 56.5 Å². The van der Waals surface area contributed by atoms with Crippen LogP contribution in [0.2, 0.25) is 0 Å². The van der Waals surface area contributed by atoms with E-state index in [1.165, 1.54) is 0 Å². The molecule has 41 heavy (non-hydrogen) atoms. The molecule has 3 amide bonds. The third kappa shape index (κ3) is 16.3. The number of phosphoric ester groups is 1. The van der Waals surface area contributed by atoms with E-state index in [2.05, 4.69) is 9.84 Å². The van der Waals surface area contributed by atoms with Gasteiger partial charge in [0.05, 0.1) is 39.2 Å². The quantitative estimate of drug-likeness (QED) is 0.141. The average molecular weight is 585 g/mol. The molecular formula is C26H42Li2N3O9P. The Balaban J connectivity index is 0. The molecule has 1 rings (SSSR count). The molecule has 0 spiro atoms. The molecular weight excluding hydrogens is 543 g/mol. The molecule has 0 aliphatic heterocycles. The third-order valence-corrected chi connectivity index (χ3v) is 6.66. The molecule has 0 unspecified atom stereocenters. The average Bonchev–Trinajstić information content (AvgIpc) is 2.83. The molecule has 0 aliphatic carbocycles. The van der Waals surface area contributed by atoms with Crippen molar-refractivity contribution in [3.63, 3.8) is 0 Å². The van der Waals surface area contributed by atoms with Gasteiger partial charge in [0.15, 0.2) is 0 Å². The number of carbonyl (C=O) groups excluding carboxylic acids is 3. The van der Waals surface area contributed by atoms with Gasteiger partial charge in [-0.25, -0.2) is 4.79 Å². The molecule has 1 aromatic rings. The van der Waals surface area contributed by atoms with E-state index in [0.717, 1.165) is 10.5 Å². The van der Waals surface area contributed by atoms with Crippen LogP contribution in [0, 0.1) is 11.8 Å². The Morgan fingerprint density at radius 1 is 1.10 bits per heavy atom. The van der Waals surface area contributed by atoms with Crippen LogP contribution in [0.15, 0.2) is 30.3 Å². The number of nitrogens with two attached hydrogens (primary N) is 1. The summed E-state index contributed by atoms with van der Waals surface area (Å²) in [6, 6.07) is 7.02. The van der Waals surface area contributed by atoms with E-state index >= 15 is 0 Å². The second kappa shape index (κ2) is 19.2. The van der Waals surface area contributed by atoms with Crippen LogP contribution in [0.4, 0.5) is 4.79 Å². The maximum absolute atomic E-state index is 13.8. The van der Waals surface area contributed by atoms with Crippen molar-refractivity contribution in [3.8, 4) is 0 Å². The second-order valence-corrected chi connectivity index (χ2v) is 11.8. The number of amides is 3. The zero-order chi connectivity index (χ0) is 30.0. The van der Waals surface area contributed by atoms with Gasteiger partial charge in [0, 0.05) is 5.92 Å². The summed E-state index contributed by atoms with van der Waals surface area (Å²) in [7, 11) is -5.35. The molecule has 4 N–H and O–H groups in total. The molecule has 0 saturated heterocycles. The van der Waals surface area contributed by atoms with E-state index < -0.39 is 68.6 Å². The van der Waals surface area contributed by atoms with Crippen LogP contribution in [0.3, 0.4) is 0 Å². The van der Waals surface area contributed by atoms with Crippen molar-refractivity contribution < 1.29 is 80.8 Å². The number of phosphoric acid groups is 1. The predicted octanol–water partition coefficient (Wildman–Crippen LogP) is -4.91. The van der Waals surface area contributed by atoms with Crippen molar-refractivity contribution in [2.75, 3.05) is 13.2 Å². The zero-order valence-electron chi connectivity index (χ0n) is 25.5. The fourth-order valence-corrected chi connectivity index (χ4v) is 4.03. The van der Waals surface area contributed by atoms with Gasteiger partial charge in [-0.15, -0.1) is 0 Å². The van der Waals surface area contributed by atoms with Gasteiger partial charge in [-0.1, -0.05) is 50.6 Å². The SMILES string of the molecule is CC[C@H](C)[C@H](N)C(=O)N(CCOP(=O)([O-])[O-])C(=O)[C@H](Cc1ccccc1)C[C@H](O)[C@H](C)NC(=O)OC(C)(C)C.[Li+].[Li+]. The normalized spacial score (nSPS) is 15.2. The van der Waals surface area contributed by atoms with Crippen LogP contribution in [-0.4, -0.2) is 64.9 Å². The zero-order valence-corrected chi connectivity index (χ0v) is 26.4. The number of nitrogens with zero attached hydrogens (tertiary/aromatic N) is 1. The summed E-state index contributed by atoms with van der Waals surface area (Å²) in [5, 5.41) is 13.5. The maximum atomic E-state index is 13.8. The molecule has 0 aliphatic rings. The Kier molecular flexibility index (Phi) is 19.7.